The number of ether oxygens (including phenoxy) is 1. The minimum atomic E-state index is -1.05. The molecule has 1 saturated heterocycles. The lowest BCUT2D eigenvalue weighted by Gasteiger charge is -2.27. The Hall–Kier alpha value is -0.480. The molecule has 1 heterocycles. The summed E-state index contributed by atoms with van der Waals surface area (Å²) in [5, 5.41) is 8.74. The van der Waals surface area contributed by atoms with Gasteiger partial charge in [-0.15, -0.1) is 0 Å². The van der Waals surface area contributed by atoms with Gasteiger partial charge in [0.1, 0.15) is 15.4 Å². The van der Waals surface area contributed by atoms with Crippen molar-refractivity contribution in [3.63, 3.8) is 0 Å². The van der Waals surface area contributed by atoms with Crippen LogP contribution in [0.25, 0.3) is 0 Å². The van der Waals surface area contributed by atoms with Crippen LogP contribution < -0.4 is 0 Å². The molecule has 0 spiro atoms. The predicted molar refractivity (Wildman–Crippen MR) is 96.0 cm³/mol. The number of hydrogen-bond donors (Lipinski definition) is 1. The smallest absolute Gasteiger partial charge is 0.329 e. The van der Waals surface area contributed by atoms with Crippen LogP contribution in [0, 0.1) is 0 Å². The van der Waals surface area contributed by atoms with E-state index >= 15 is 0 Å². The molecule has 22 heavy (non-hydrogen) atoms. The Morgan fingerprint density at radius 2 is 2.36 bits per heavy atom. The van der Waals surface area contributed by atoms with Gasteiger partial charge in [-0.3, -0.25) is 9.69 Å². The lowest BCUT2D eigenvalue weighted by Crippen LogP contribution is -2.28. The van der Waals surface area contributed by atoms with Gasteiger partial charge in [0.15, 0.2) is 0 Å². The molecule has 0 aromatic carbocycles. The Kier molecular flexibility index (Phi) is 5.65. The van der Waals surface area contributed by atoms with Gasteiger partial charge in [-0.1, -0.05) is 39.9 Å². The molecule has 9 heteroatoms. The second-order valence-corrected chi connectivity index (χ2v) is 8.66. The highest BCUT2D eigenvalue weighted by Crippen LogP contribution is 2.39. The fourth-order valence-corrected chi connectivity index (χ4v) is 4.78. The summed E-state index contributed by atoms with van der Waals surface area (Å²) in [6.45, 7) is -0.424. The number of aliphatic carboxylic acids is 1. The molecule has 0 aromatic rings. The third-order valence-electron chi connectivity index (χ3n) is 2.84. The van der Waals surface area contributed by atoms with Gasteiger partial charge in [-0.2, -0.15) is 0 Å². The number of carboxylic acids is 1. The molecule has 5 nitrogen and oxygen atoms in total. The summed E-state index contributed by atoms with van der Waals surface area (Å²) in [5.41, 5.74) is 0.731. The van der Waals surface area contributed by atoms with Crippen LogP contribution in [-0.2, 0) is 14.3 Å². The second kappa shape index (κ2) is 6.96. The first kappa shape index (κ1) is 17.9. The zero-order chi connectivity index (χ0) is 16.5. The Labute approximate surface area is 153 Å². The maximum Gasteiger partial charge on any atom is 0.329 e. The van der Waals surface area contributed by atoms with Crippen molar-refractivity contribution < 1.29 is 19.4 Å². The SMILES string of the molecule is CN1C(=O)C(=CC2=CC(Br)(OCC(=O)O)CC(Br)=C2)SC1=S. The molecule has 1 atom stereocenters. The van der Waals surface area contributed by atoms with E-state index < -0.39 is 17.1 Å². The zero-order valence-corrected chi connectivity index (χ0v) is 16.1. The molecule has 1 unspecified atom stereocenters. The normalized spacial score (nSPS) is 27.2. The minimum Gasteiger partial charge on any atom is -0.480 e. The summed E-state index contributed by atoms with van der Waals surface area (Å²) >= 11 is 13.1. The van der Waals surface area contributed by atoms with Gasteiger partial charge in [0, 0.05) is 13.5 Å². The number of carbonyl (C=O) groups is 2. The lowest BCUT2D eigenvalue weighted by molar-refractivity contribution is -0.144. The number of amides is 1. The van der Waals surface area contributed by atoms with Crippen LogP contribution in [0.1, 0.15) is 6.42 Å². The van der Waals surface area contributed by atoms with Crippen molar-refractivity contribution in [2.75, 3.05) is 13.7 Å². The monoisotopic (exact) mass is 467 g/mol. The van der Waals surface area contributed by atoms with Crippen LogP contribution in [0.15, 0.2) is 33.2 Å². The summed E-state index contributed by atoms with van der Waals surface area (Å²) in [6.07, 6.45) is 5.75. The van der Waals surface area contributed by atoms with Gasteiger partial charge in [0.05, 0.1) is 4.91 Å². The number of rotatable bonds is 4. The average Bonchev–Trinajstić information content (AvgIpc) is 2.63. The van der Waals surface area contributed by atoms with E-state index in [1.54, 1.807) is 19.2 Å². The molecule has 0 aromatic heterocycles. The first-order chi connectivity index (χ1) is 10.2. The highest BCUT2D eigenvalue weighted by Gasteiger charge is 2.32. The van der Waals surface area contributed by atoms with Gasteiger partial charge >= 0.3 is 5.97 Å². The summed E-state index contributed by atoms with van der Waals surface area (Å²) in [7, 11) is 1.63. The number of carboxylic acid groups (broad SMARTS) is 1. The van der Waals surface area contributed by atoms with E-state index in [0.29, 0.717) is 15.6 Å². The number of alkyl halides is 1. The van der Waals surface area contributed by atoms with Gasteiger partial charge in [0.2, 0.25) is 0 Å². The van der Waals surface area contributed by atoms with Crippen molar-refractivity contribution in [1.29, 1.82) is 0 Å². The summed E-state index contributed by atoms with van der Waals surface area (Å²) in [5.74, 6) is -1.20. The van der Waals surface area contributed by atoms with Gasteiger partial charge in [0.25, 0.3) is 5.91 Å². The molecule has 118 valence electrons. The van der Waals surface area contributed by atoms with E-state index in [0.717, 1.165) is 10.1 Å². The fourth-order valence-electron chi connectivity index (χ4n) is 1.86. The summed E-state index contributed by atoms with van der Waals surface area (Å²) < 4.78 is 5.78. The van der Waals surface area contributed by atoms with E-state index in [2.05, 4.69) is 31.9 Å². The van der Waals surface area contributed by atoms with Gasteiger partial charge < -0.3 is 9.84 Å². The van der Waals surface area contributed by atoms with Crippen LogP contribution in [0.4, 0.5) is 0 Å². The van der Waals surface area contributed by atoms with Crippen molar-refractivity contribution in [1.82, 2.24) is 4.90 Å². The van der Waals surface area contributed by atoms with Crippen molar-refractivity contribution in [2.24, 2.45) is 0 Å². The van der Waals surface area contributed by atoms with Crippen LogP contribution in [0.5, 0.6) is 0 Å². The molecule has 0 radical (unpaired) electrons. The molecule has 2 aliphatic rings. The van der Waals surface area contributed by atoms with Gasteiger partial charge in [-0.25, -0.2) is 4.79 Å². The summed E-state index contributed by atoms with van der Waals surface area (Å²) in [6, 6.07) is 0. The largest absolute Gasteiger partial charge is 0.480 e. The quantitative estimate of drug-likeness (QED) is 0.388. The molecular formula is C13H11Br2NO4S2. The van der Waals surface area contributed by atoms with E-state index in [-0.39, 0.29) is 5.91 Å². The molecule has 2 rings (SSSR count). The van der Waals surface area contributed by atoms with E-state index in [1.165, 1.54) is 16.7 Å². The molecule has 1 aliphatic heterocycles. The number of likely N-dealkylation sites (N-methyl/N-ethyl adjacent to an activating group) is 1. The number of carbonyl (C=O) groups excluding carboxylic acids is 1. The van der Waals surface area contributed by atoms with Crippen molar-refractivity contribution >= 4 is 72.0 Å². The molecule has 0 saturated carbocycles. The average molecular weight is 469 g/mol. The maximum atomic E-state index is 12.0. The van der Waals surface area contributed by atoms with E-state index in [1.807, 2.05) is 6.08 Å². The highest BCUT2D eigenvalue weighted by atomic mass is 79.9. The highest BCUT2D eigenvalue weighted by molar-refractivity contribution is 9.12. The number of thiocarbonyl (C=S) groups is 1. The van der Waals surface area contributed by atoms with Crippen molar-refractivity contribution in [3.05, 3.63) is 33.2 Å². The minimum absolute atomic E-state index is 0.155. The third kappa shape index (κ3) is 4.29. The topological polar surface area (TPSA) is 66.8 Å². The molecular weight excluding hydrogens is 458 g/mol. The fraction of sp³-hybridized carbons (Fsp3) is 0.308. The lowest BCUT2D eigenvalue weighted by atomic mass is 10.0. The molecule has 1 aliphatic carbocycles. The first-order valence-electron chi connectivity index (χ1n) is 6.05. The maximum absolute atomic E-state index is 12.0. The molecule has 1 N–H and O–H groups in total. The molecule has 1 amide bonds. The molecule has 0 bridgehead atoms. The Bertz CT molecular complexity index is 644. The van der Waals surface area contributed by atoms with Crippen LogP contribution in [0.2, 0.25) is 0 Å². The number of hydrogen-bond acceptors (Lipinski definition) is 5. The first-order valence-corrected chi connectivity index (χ1v) is 8.86. The molecule has 1 fully saturated rings. The van der Waals surface area contributed by atoms with E-state index in [4.69, 9.17) is 22.1 Å². The van der Waals surface area contributed by atoms with Crippen molar-refractivity contribution in [2.45, 2.75) is 10.9 Å². The van der Waals surface area contributed by atoms with Gasteiger partial charge in [-0.05, 0) is 44.2 Å². The van der Waals surface area contributed by atoms with Crippen LogP contribution in [0.3, 0.4) is 0 Å². The standard InChI is InChI=1S/C13H11Br2NO4S2/c1-16-11(19)9(22-12(16)21)3-7-2-8(14)5-13(15,4-7)20-6-10(17)18/h2-4H,5-6H2,1H3,(H,17,18). The number of allylic oxidation sites excluding steroid dienone is 3. The third-order valence-corrected chi connectivity index (χ3v) is 5.57. The zero-order valence-electron chi connectivity index (χ0n) is 11.3. The Morgan fingerprint density at radius 1 is 1.68 bits per heavy atom. The van der Waals surface area contributed by atoms with E-state index in [9.17, 15) is 9.59 Å². The number of halogens is 2. The Balaban J connectivity index is 2.25. The van der Waals surface area contributed by atoms with Crippen molar-refractivity contribution in [3.8, 4) is 0 Å². The Morgan fingerprint density at radius 3 is 2.91 bits per heavy atom. The number of thioether (sulfide) groups is 1. The summed E-state index contributed by atoms with van der Waals surface area (Å²) in [4.78, 5) is 24.6. The predicted octanol–water partition coefficient (Wildman–Crippen LogP) is 3.16. The second-order valence-electron chi connectivity index (χ2n) is 4.62. The van der Waals surface area contributed by atoms with Crippen LogP contribution >= 0.6 is 55.8 Å². The van der Waals surface area contributed by atoms with Crippen LogP contribution in [-0.4, -0.2) is 44.4 Å². The number of nitrogens with zero attached hydrogens (tertiary/aromatic N) is 1.